The second kappa shape index (κ2) is 6.35. The van der Waals surface area contributed by atoms with Gasteiger partial charge in [-0.15, -0.1) is 0 Å². The lowest BCUT2D eigenvalue weighted by atomic mass is 10.1. The molecule has 5 nitrogen and oxygen atoms in total. The summed E-state index contributed by atoms with van der Waals surface area (Å²) in [6, 6.07) is 8.66. The SMILES string of the molecule is CCCC(=O)C(=[N+]=[N-])C(=O)Nc1ccccc1. The number of rotatable bonds is 5. The van der Waals surface area contributed by atoms with Gasteiger partial charge in [-0.25, -0.2) is 0 Å². The number of hydrogen-bond donors (Lipinski definition) is 1. The molecule has 0 aliphatic heterocycles. The Bertz CT molecular complexity index is 462. The van der Waals surface area contributed by atoms with Crippen LogP contribution in [0.2, 0.25) is 0 Å². The number of ketones is 1. The maximum atomic E-state index is 11.6. The smallest absolute Gasteiger partial charge is 0.360 e. The Labute approximate surface area is 99.1 Å². The summed E-state index contributed by atoms with van der Waals surface area (Å²) in [4.78, 5) is 25.8. The highest BCUT2D eigenvalue weighted by molar-refractivity contribution is 6.65. The van der Waals surface area contributed by atoms with E-state index >= 15 is 0 Å². The fraction of sp³-hybridized carbons (Fsp3) is 0.250. The molecule has 1 amide bonds. The van der Waals surface area contributed by atoms with Crippen molar-refractivity contribution in [2.75, 3.05) is 5.32 Å². The highest BCUT2D eigenvalue weighted by Crippen LogP contribution is 2.05. The zero-order chi connectivity index (χ0) is 12.7. The Balaban J connectivity index is 2.76. The molecule has 0 aliphatic rings. The van der Waals surface area contributed by atoms with Crippen LogP contribution in [0.25, 0.3) is 5.53 Å². The van der Waals surface area contributed by atoms with Crippen molar-refractivity contribution in [2.45, 2.75) is 19.8 Å². The van der Waals surface area contributed by atoms with Crippen LogP contribution < -0.4 is 5.32 Å². The van der Waals surface area contributed by atoms with E-state index in [1.807, 2.05) is 6.92 Å². The van der Waals surface area contributed by atoms with Crippen LogP contribution in [0.1, 0.15) is 19.8 Å². The number of carbonyl (C=O) groups excluding carboxylic acids is 2. The van der Waals surface area contributed by atoms with Crippen molar-refractivity contribution in [3.05, 3.63) is 35.9 Å². The summed E-state index contributed by atoms with van der Waals surface area (Å²) < 4.78 is 0. The summed E-state index contributed by atoms with van der Waals surface area (Å²) in [5.74, 6) is -1.17. The van der Waals surface area contributed by atoms with Crippen LogP contribution in [0.5, 0.6) is 0 Å². The molecule has 0 radical (unpaired) electrons. The zero-order valence-electron chi connectivity index (χ0n) is 9.51. The van der Waals surface area contributed by atoms with E-state index in [2.05, 4.69) is 10.1 Å². The van der Waals surface area contributed by atoms with Gasteiger partial charge in [0.25, 0.3) is 0 Å². The monoisotopic (exact) mass is 231 g/mol. The van der Waals surface area contributed by atoms with Crippen LogP contribution >= 0.6 is 0 Å². The molecule has 5 heteroatoms. The Morgan fingerprint density at radius 3 is 2.47 bits per heavy atom. The predicted molar refractivity (Wildman–Crippen MR) is 63.6 cm³/mol. The van der Waals surface area contributed by atoms with Crippen LogP contribution in [-0.2, 0) is 9.59 Å². The number of nitrogens with zero attached hydrogens (tertiary/aromatic N) is 2. The van der Waals surface area contributed by atoms with Gasteiger partial charge in [0, 0.05) is 12.1 Å². The molecule has 0 saturated carbocycles. The Morgan fingerprint density at radius 1 is 1.29 bits per heavy atom. The van der Waals surface area contributed by atoms with E-state index in [1.54, 1.807) is 30.3 Å². The predicted octanol–water partition coefficient (Wildman–Crippen LogP) is 1.67. The third-order valence-electron chi connectivity index (χ3n) is 2.09. The lowest BCUT2D eigenvalue weighted by Gasteiger charge is -2.00. The largest absolute Gasteiger partial charge is 0.421 e. The molecule has 1 rings (SSSR count). The van der Waals surface area contributed by atoms with E-state index < -0.39 is 17.4 Å². The number of anilines is 1. The van der Waals surface area contributed by atoms with E-state index in [0.29, 0.717) is 12.1 Å². The van der Waals surface area contributed by atoms with Crippen molar-refractivity contribution < 1.29 is 14.4 Å². The summed E-state index contributed by atoms with van der Waals surface area (Å²) in [6.45, 7) is 1.81. The lowest BCUT2D eigenvalue weighted by Crippen LogP contribution is -2.30. The van der Waals surface area contributed by atoms with Crippen molar-refractivity contribution >= 4 is 23.1 Å². The highest BCUT2D eigenvalue weighted by atomic mass is 16.2. The number of carbonyl (C=O) groups is 2. The van der Waals surface area contributed by atoms with E-state index in [4.69, 9.17) is 5.53 Å². The first-order valence-corrected chi connectivity index (χ1v) is 5.30. The standard InChI is InChI=1S/C12H13N3O2/c1-2-6-10(16)11(15-13)12(17)14-9-7-4-3-5-8-9/h3-5,7-8H,2,6H2,1H3,(H,14,17). The van der Waals surface area contributed by atoms with Gasteiger partial charge in [-0.2, -0.15) is 4.79 Å². The Kier molecular flexibility index (Phi) is 4.78. The minimum Gasteiger partial charge on any atom is -0.360 e. The highest BCUT2D eigenvalue weighted by Gasteiger charge is 2.28. The number of benzene rings is 1. The molecule has 88 valence electrons. The third kappa shape index (κ3) is 3.66. The van der Waals surface area contributed by atoms with Crippen LogP contribution in [0.3, 0.4) is 0 Å². The molecule has 0 unspecified atom stereocenters. The number of amides is 1. The summed E-state index contributed by atoms with van der Waals surface area (Å²) >= 11 is 0. The maximum Gasteiger partial charge on any atom is 0.421 e. The molecule has 0 atom stereocenters. The average molecular weight is 231 g/mol. The van der Waals surface area contributed by atoms with E-state index in [9.17, 15) is 9.59 Å². The summed E-state index contributed by atoms with van der Waals surface area (Å²) in [6.07, 6.45) is 0.776. The van der Waals surface area contributed by atoms with Gasteiger partial charge in [0.15, 0.2) is 0 Å². The molecule has 0 aliphatic carbocycles. The Hall–Kier alpha value is -2.26. The minimum atomic E-state index is -0.697. The van der Waals surface area contributed by atoms with Crippen molar-refractivity contribution in [1.82, 2.24) is 0 Å². The van der Waals surface area contributed by atoms with E-state index in [-0.39, 0.29) is 6.42 Å². The van der Waals surface area contributed by atoms with Crippen LogP contribution in [0.15, 0.2) is 30.3 Å². The maximum absolute atomic E-state index is 11.6. The summed E-state index contributed by atoms with van der Waals surface area (Å²) in [7, 11) is 0. The summed E-state index contributed by atoms with van der Waals surface area (Å²) in [5.41, 5.74) is 8.76. The second-order valence-electron chi connectivity index (χ2n) is 3.44. The average Bonchev–Trinajstić information content (AvgIpc) is 2.31. The topological polar surface area (TPSA) is 82.6 Å². The first kappa shape index (κ1) is 12.8. The molecule has 0 spiro atoms. The summed E-state index contributed by atoms with van der Waals surface area (Å²) in [5, 5.41) is 2.48. The zero-order valence-corrected chi connectivity index (χ0v) is 9.51. The number of nitrogens with one attached hydrogen (secondary N) is 1. The molecule has 1 aromatic rings. The number of para-hydroxylation sites is 1. The third-order valence-corrected chi connectivity index (χ3v) is 2.09. The molecular formula is C12H13N3O2. The van der Waals surface area contributed by atoms with E-state index in [1.165, 1.54) is 0 Å². The molecule has 0 aromatic heterocycles. The van der Waals surface area contributed by atoms with Crippen LogP contribution in [-0.4, -0.2) is 22.2 Å². The quantitative estimate of drug-likeness (QED) is 0.362. The van der Waals surface area contributed by atoms with Gasteiger partial charge >= 0.3 is 11.6 Å². The molecular weight excluding hydrogens is 218 g/mol. The van der Waals surface area contributed by atoms with Gasteiger partial charge in [0.05, 0.1) is 0 Å². The Morgan fingerprint density at radius 2 is 1.94 bits per heavy atom. The van der Waals surface area contributed by atoms with Crippen molar-refractivity contribution in [3.8, 4) is 0 Å². The van der Waals surface area contributed by atoms with Crippen molar-refractivity contribution in [3.63, 3.8) is 0 Å². The first-order chi connectivity index (χ1) is 8.19. The fourth-order valence-electron chi connectivity index (χ4n) is 1.29. The fourth-order valence-corrected chi connectivity index (χ4v) is 1.29. The molecule has 1 N–H and O–H groups in total. The van der Waals surface area contributed by atoms with Gasteiger partial charge in [0.2, 0.25) is 5.78 Å². The number of Topliss-reactive ketones (excluding diaryl/α,β-unsaturated/α-hetero) is 1. The van der Waals surface area contributed by atoms with Gasteiger partial charge in [-0.05, 0) is 18.6 Å². The normalized spacial score (nSPS) is 9.24. The van der Waals surface area contributed by atoms with E-state index in [0.717, 1.165) is 0 Å². The molecule has 0 heterocycles. The van der Waals surface area contributed by atoms with Crippen LogP contribution in [0, 0.1) is 0 Å². The number of hydrogen-bond acceptors (Lipinski definition) is 2. The van der Waals surface area contributed by atoms with Crippen molar-refractivity contribution in [1.29, 1.82) is 0 Å². The van der Waals surface area contributed by atoms with Crippen molar-refractivity contribution in [2.24, 2.45) is 0 Å². The molecule has 0 saturated heterocycles. The van der Waals surface area contributed by atoms with Gasteiger partial charge in [0.1, 0.15) is 0 Å². The lowest BCUT2D eigenvalue weighted by molar-refractivity contribution is -0.122. The molecule has 17 heavy (non-hydrogen) atoms. The molecule has 0 fully saturated rings. The van der Waals surface area contributed by atoms with Gasteiger partial charge in [-0.3, -0.25) is 9.59 Å². The van der Waals surface area contributed by atoms with Crippen LogP contribution in [0.4, 0.5) is 5.69 Å². The minimum absolute atomic E-state index is 0.182. The second-order valence-corrected chi connectivity index (χ2v) is 3.44. The molecule has 1 aromatic carbocycles. The molecule has 0 bridgehead atoms. The van der Waals surface area contributed by atoms with Gasteiger partial charge < -0.3 is 10.8 Å². The van der Waals surface area contributed by atoms with Gasteiger partial charge in [-0.1, -0.05) is 25.1 Å². The first-order valence-electron chi connectivity index (χ1n) is 5.30.